The molecule has 0 heterocycles. The molecule has 0 aliphatic heterocycles. The number of rotatable bonds is 76. The van der Waals surface area contributed by atoms with Gasteiger partial charge in [0.15, 0.2) is 12.2 Å². The molecular formula is C79H154O17P2. The summed E-state index contributed by atoms with van der Waals surface area (Å²) in [6, 6.07) is 0. The second kappa shape index (κ2) is 68.2. The first-order valence-electron chi connectivity index (χ1n) is 40.8. The lowest BCUT2D eigenvalue weighted by Crippen LogP contribution is -2.30. The van der Waals surface area contributed by atoms with Gasteiger partial charge in [0, 0.05) is 25.7 Å². The van der Waals surface area contributed by atoms with E-state index in [9.17, 15) is 43.2 Å². The number of hydrogen-bond acceptors (Lipinski definition) is 15. The Kier molecular flexibility index (Phi) is 66.8. The van der Waals surface area contributed by atoms with Crippen LogP contribution >= 0.6 is 15.6 Å². The monoisotopic (exact) mass is 1440 g/mol. The summed E-state index contributed by atoms with van der Waals surface area (Å²) in [6.07, 6.45) is 54.6. The first-order valence-corrected chi connectivity index (χ1v) is 43.8. The van der Waals surface area contributed by atoms with Crippen LogP contribution in [-0.2, 0) is 65.4 Å². The van der Waals surface area contributed by atoms with Gasteiger partial charge in [0.05, 0.1) is 26.4 Å². The topological polar surface area (TPSA) is 237 Å². The van der Waals surface area contributed by atoms with E-state index in [1.54, 1.807) is 0 Å². The Morgan fingerprint density at radius 3 is 0.724 bits per heavy atom. The number of phosphoric acid groups is 2. The van der Waals surface area contributed by atoms with Gasteiger partial charge in [-0.3, -0.25) is 37.3 Å². The molecule has 17 nitrogen and oxygen atoms in total. The third kappa shape index (κ3) is 69.8. The number of carbonyl (C=O) groups is 4. The van der Waals surface area contributed by atoms with E-state index in [2.05, 4.69) is 55.4 Å². The highest BCUT2D eigenvalue weighted by atomic mass is 31.2. The van der Waals surface area contributed by atoms with E-state index < -0.39 is 97.5 Å². The maximum atomic E-state index is 13.1. The van der Waals surface area contributed by atoms with Crippen molar-refractivity contribution in [2.45, 2.75) is 420 Å². The fourth-order valence-electron chi connectivity index (χ4n) is 12.0. The van der Waals surface area contributed by atoms with Crippen molar-refractivity contribution in [1.82, 2.24) is 0 Å². The molecule has 0 saturated carbocycles. The van der Waals surface area contributed by atoms with E-state index in [0.29, 0.717) is 37.5 Å². The van der Waals surface area contributed by atoms with Crippen LogP contribution in [0.25, 0.3) is 0 Å². The number of phosphoric ester groups is 2. The van der Waals surface area contributed by atoms with E-state index >= 15 is 0 Å². The first-order chi connectivity index (χ1) is 47.2. The van der Waals surface area contributed by atoms with Crippen LogP contribution in [0.3, 0.4) is 0 Å². The minimum absolute atomic E-state index is 0.102. The Hall–Kier alpha value is -1.94. The molecular weight excluding hydrogens is 1280 g/mol. The van der Waals surface area contributed by atoms with Crippen LogP contribution in [-0.4, -0.2) is 96.7 Å². The molecule has 0 aromatic rings. The molecule has 0 radical (unpaired) electrons. The molecule has 0 bridgehead atoms. The molecule has 582 valence electrons. The predicted octanol–water partition coefficient (Wildman–Crippen LogP) is 23.2. The van der Waals surface area contributed by atoms with Crippen molar-refractivity contribution >= 4 is 39.5 Å². The summed E-state index contributed by atoms with van der Waals surface area (Å²) in [7, 11) is -9.91. The summed E-state index contributed by atoms with van der Waals surface area (Å²) in [5, 5.41) is 10.6. The zero-order chi connectivity index (χ0) is 72.4. The van der Waals surface area contributed by atoms with Gasteiger partial charge in [0.2, 0.25) is 0 Å². The van der Waals surface area contributed by atoms with Crippen molar-refractivity contribution in [2.75, 3.05) is 39.6 Å². The van der Waals surface area contributed by atoms with Gasteiger partial charge < -0.3 is 33.8 Å². The number of ether oxygens (including phenoxy) is 4. The van der Waals surface area contributed by atoms with E-state index in [1.807, 2.05) is 0 Å². The maximum absolute atomic E-state index is 13.1. The first kappa shape index (κ1) is 96.1. The summed E-state index contributed by atoms with van der Waals surface area (Å²) in [4.78, 5) is 72.8. The molecule has 0 aliphatic carbocycles. The van der Waals surface area contributed by atoms with Gasteiger partial charge in [-0.05, 0) is 49.4 Å². The second-order valence-electron chi connectivity index (χ2n) is 29.9. The van der Waals surface area contributed by atoms with Crippen LogP contribution in [0.4, 0.5) is 0 Å². The molecule has 98 heavy (non-hydrogen) atoms. The van der Waals surface area contributed by atoms with Gasteiger partial charge in [0.1, 0.15) is 19.3 Å². The number of esters is 4. The highest BCUT2D eigenvalue weighted by Crippen LogP contribution is 2.45. The van der Waals surface area contributed by atoms with Crippen molar-refractivity contribution in [3.63, 3.8) is 0 Å². The third-order valence-electron chi connectivity index (χ3n) is 19.0. The Morgan fingerprint density at radius 2 is 0.490 bits per heavy atom. The van der Waals surface area contributed by atoms with Crippen LogP contribution in [0.15, 0.2) is 0 Å². The number of hydrogen-bond donors (Lipinski definition) is 3. The molecule has 0 rings (SSSR count). The lowest BCUT2D eigenvalue weighted by molar-refractivity contribution is -0.161. The summed E-state index contributed by atoms with van der Waals surface area (Å²) >= 11 is 0. The average Bonchev–Trinajstić information content (AvgIpc) is 0.980. The van der Waals surface area contributed by atoms with Crippen LogP contribution in [0.2, 0.25) is 0 Å². The van der Waals surface area contributed by atoms with Crippen LogP contribution < -0.4 is 0 Å². The van der Waals surface area contributed by atoms with E-state index in [4.69, 9.17) is 37.0 Å². The van der Waals surface area contributed by atoms with Crippen molar-refractivity contribution in [3.8, 4) is 0 Å². The number of aliphatic hydroxyl groups excluding tert-OH is 1. The molecule has 19 heteroatoms. The normalized spacial score (nSPS) is 14.6. The summed E-state index contributed by atoms with van der Waals surface area (Å²) < 4.78 is 68.5. The van der Waals surface area contributed by atoms with Crippen LogP contribution in [0.5, 0.6) is 0 Å². The third-order valence-corrected chi connectivity index (χ3v) is 20.9. The SMILES string of the molecule is CCC(C)CCCCCCCCCCCCCCCCCCCCC(=O)OC[C@H](COP(=O)(O)OC[C@@H](O)COP(=O)(O)OC[C@@H](COC(=O)CCCCCCCCC(C)C)OC(=O)CCCCCCCCCCCCCCCCC(C)CC)OC(=O)CCCCCCCCC(C)C. The van der Waals surface area contributed by atoms with Gasteiger partial charge >= 0.3 is 39.5 Å². The Morgan fingerprint density at radius 1 is 0.286 bits per heavy atom. The van der Waals surface area contributed by atoms with Gasteiger partial charge in [-0.15, -0.1) is 0 Å². The number of aliphatic hydroxyl groups is 1. The van der Waals surface area contributed by atoms with Crippen LogP contribution in [0, 0.1) is 23.7 Å². The van der Waals surface area contributed by atoms with Crippen LogP contribution in [0.1, 0.15) is 402 Å². The Bertz CT molecular complexity index is 1920. The quantitative estimate of drug-likeness (QED) is 0.0222. The van der Waals surface area contributed by atoms with E-state index in [0.717, 1.165) is 108 Å². The minimum atomic E-state index is -4.96. The lowest BCUT2D eigenvalue weighted by Gasteiger charge is -2.21. The second-order valence-corrected chi connectivity index (χ2v) is 32.8. The number of unbranched alkanes of at least 4 members (excludes halogenated alkanes) is 40. The average molecular weight is 1440 g/mol. The summed E-state index contributed by atoms with van der Waals surface area (Å²) in [5.41, 5.74) is 0. The van der Waals surface area contributed by atoms with Crippen molar-refractivity contribution in [1.29, 1.82) is 0 Å². The smallest absolute Gasteiger partial charge is 0.462 e. The predicted molar refractivity (Wildman–Crippen MR) is 400 cm³/mol. The molecule has 0 saturated heterocycles. The number of carbonyl (C=O) groups excluding carboxylic acids is 4. The maximum Gasteiger partial charge on any atom is 0.472 e. The van der Waals surface area contributed by atoms with Gasteiger partial charge in [-0.25, -0.2) is 9.13 Å². The molecule has 0 amide bonds. The Balaban J connectivity index is 5.09. The lowest BCUT2D eigenvalue weighted by atomic mass is 9.99. The molecule has 4 unspecified atom stereocenters. The molecule has 0 aromatic carbocycles. The highest BCUT2D eigenvalue weighted by Gasteiger charge is 2.30. The van der Waals surface area contributed by atoms with E-state index in [1.165, 1.54) is 199 Å². The van der Waals surface area contributed by atoms with Gasteiger partial charge in [-0.1, -0.05) is 351 Å². The molecule has 0 aromatic heterocycles. The molecule has 0 spiro atoms. The van der Waals surface area contributed by atoms with Crippen molar-refractivity contribution in [3.05, 3.63) is 0 Å². The zero-order valence-electron chi connectivity index (χ0n) is 64.4. The largest absolute Gasteiger partial charge is 0.472 e. The van der Waals surface area contributed by atoms with Gasteiger partial charge in [-0.2, -0.15) is 0 Å². The molecule has 7 atom stereocenters. The fourth-order valence-corrected chi connectivity index (χ4v) is 13.6. The molecule has 3 N–H and O–H groups in total. The summed E-state index contributed by atoms with van der Waals surface area (Å²) in [6.45, 7) is 14.2. The minimum Gasteiger partial charge on any atom is -0.462 e. The van der Waals surface area contributed by atoms with Crippen molar-refractivity contribution in [2.24, 2.45) is 23.7 Å². The standard InChI is InChI=1S/C79H154O17P2/c1-9-71(7)57-49-41-31-27-23-19-15-13-11-12-14-16-21-25-29-33-43-51-59-76(81)89-65-75(96-79(84)62-54-46-38-36-40-48-56-70(5)6)68-94-98(87,88)92-64-73(80)63-91-97(85,86)93-67-74(66-90-77(82)60-52-44-37-35-39-47-55-69(3)4)95-78(83)61-53-45-34-30-26-22-18-17-20-24-28-32-42-50-58-72(8)10-2/h69-75,80H,9-68H2,1-8H3,(H,85,86)(H,87,88)/t71?,72?,73-,74+,75+/m0/s1. The summed E-state index contributed by atoms with van der Waals surface area (Å²) in [5.74, 6) is 0.943. The highest BCUT2D eigenvalue weighted by molar-refractivity contribution is 7.47. The van der Waals surface area contributed by atoms with Gasteiger partial charge in [0.25, 0.3) is 0 Å². The molecule has 0 aliphatic rings. The Labute approximate surface area is 600 Å². The fraction of sp³-hybridized carbons (Fsp3) is 0.949. The zero-order valence-corrected chi connectivity index (χ0v) is 66.2. The van der Waals surface area contributed by atoms with Crippen molar-refractivity contribution < 1.29 is 80.2 Å². The molecule has 0 fully saturated rings. The van der Waals surface area contributed by atoms with E-state index in [-0.39, 0.29) is 25.7 Å².